The molecule has 3 aromatic rings. The van der Waals surface area contributed by atoms with Crippen LogP contribution in [0.4, 0.5) is 0 Å². The highest BCUT2D eigenvalue weighted by molar-refractivity contribution is 5.90. The van der Waals surface area contributed by atoms with Crippen LogP contribution in [-0.2, 0) is 9.59 Å². The summed E-state index contributed by atoms with van der Waals surface area (Å²) in [6.45, 7) is 1.63. The minimum absolute atomic E-state index is 0.322. The Kier molecular flexibility index (Phi) is 6.41. The van der Waals surface area contributed by atoms with Gasteiger partial charge in [-0.1, -0.05) is 78.9 Å². The van der Waals surface area contributed by atoms with E-state index in [-0.39, 0.29) is 5.91 Å². The SMILES string of the molecule is C[C@@H](Oc1ccccc1)C(=O)NNC(=O)C(c1ccccc1)c1ccccc1. The second-order valence-electron chi connectivity index (χ2n) is 6.31. The van der Waals surface area contributed by atoms with Crippen molar-refractivity contribution in [2.24, 2.45) is 0 Å². The second kappa shape index (κ2) is 9.37. The van der Waals surface area contributed by atoms with Crippen molar-refractivity contribution in [2.75, 3.05) is 0 Å². The lowest BCUT2D eigenvalue weighted by atomic mass is 9.91. The summed E-state index contributed by atoms with van der Waals surface area (Å²) in [6.07, 6.45) is -0.755. The van der Waals surface area contributed by atoms with Crippen LogP contribution < -0.4 is 15.6 Å². The number of hydrazine groups is 1. The van der Waals surface area contributed by atoms with Gasteiger partial charge in [0.15, 0.2) is 6.10 Å². The Morgan fingerprint density at radius 1 is 0.679 bits per heavy atom. The van der Waals surface area contributed by atoms with Crippen LogP contribution in [0, 0.1) is 0 Å². The lowest BCUT2D eigenvalue weighted by molar-refractivity contribution is -0.133. The summed E-state index contributed by atoms with van der Waals surface area (Å²) < 4.78 is 5.57. The molecule has 5 heteroatoms. The van der Waals surface area contributed by atoms with Crippen molar-refractivity contribution in [3.8, 4) is 5.75 Å². The highest BCUT2D eigenvalue weighted by atomic mass is 16.5. The average molecular weight is 374 g/mol. The Labute approximate surface area is 164 Å². The third-order valence-electron chi connectivity index (χ3n) is 4.26. The molecule has 142 valence electrons. The predicted molar refractivity (Wildman–Crippen MR) is 108 cm³/mol. The molecule has 0 aliphatic heterocycles. The molecule has 0 unspecified atom stereocenters. The number of hydrogen-bond donors (Lipinski definition) is 2. The molecule has 2 N–H and O–H groups in total. The molecule has 2 amide bonds. The van der Waals surface area contributed by atoms with E-state index in [9.17, 15) is 9.59 Å². The van der Waals surface area contributed by atoms with Crippen molar-refractivity contribution in [1.82, 2.24) is 10.9 Å². The van der Waals surface area contributed by atoms with Gasteiger partial charge in [0, 0.05) is 0 Å². The van der Waals surface area contributed by atoms with E-state index in [1.807, 2.05) is 78.9 Å². The maximum atomic E-state index is 12.9. The first-order chi connectivity index (χ1) is 13.6. The molecule has 0 saturated heterocycles. The fourth-order valence-electron chi connectivity index (χ4n) is 2.84. The standard InChI is InChI=1S/C23H22N2O3/c1-17(28-20-15-9-4-10-16-20)22(26)24-25-23(27)21(18-11-5-2-6-12-18)19-13-7-3-8-14-19/h2-17,21H,1H3,(H,24,26)(H,25,27)/t17-/m1/s1. The van der Waals surface area contributed by atoms with E-state index in [2.05, 4.69) is 10.9 Å². The molecule has 0 aliphatic rings. The molecule has 0 heterocycles. The van der Waals surface area contributed by atoms with Gasteiger partial charge in [0.1, 0.15) is 5.75 Å². The quantitative estimate of drug-likeness (QED) is 0.650. The maximum absolute atomic E-state index is 12.9. The molecule has 0 spiro atoms. The molecule has 28 heavy (non-hydrogen) atoms. The highest BCUT2D eigenvalue weighted by Crippen LogP contribution is 2.24. The van der Waals surface area contributed by atoms with E-state index in [1.54, 1.807) is 19.1 Å². The van der Waals surface area contributed by atoms with Gasteiger partial charge in [0.25, 0.3) is 5.91 Å². The number of benzene rings is 3. The van der Waals surface area contributed by atoms with Crippen LogP contribution >= 0.6 is 0 Å². The average Bonchev–Trinajstić information content (AvgIpc) is 2.74. The van der Waals surface area contributed by atoms with E-state index in [0.29, 0.717) is 5.75 Å². The van der Waals surface area contributed by atoms with Crippen LogP contribution in [0.3, 0.4) is 0 Å². The summed E-state index contributed by atoms with van der Waals surface area (Å²) in [5.74, 6) is -0.703. The summed E-state index contributed by atoms with van der Waals surface area (Å²) in [5.41, 5.74) is 6.67. The van der Waals surface area contributed by atoms with Gasteiger partial charge in [0.05, 0.1) is 5.92 Å². The van der Waals surface area contributed by atoms with Crippen molar-refractivity contribution in [1.29, 1.82) is 0 Å². The van der Waals surface area contributed by atoms with Crippen LogP contribution in [0.1, 0.15) is 24.0 Å². The zero-order valence-corrected chi connectivity index (χ0v) is 15.5. The van der Waals surface area contributed by atoms with E-state index in [1.165, 1.54) is 0 Å². The number of rotatable bonds is 6. The molecule has 0 aliphatic carbocycles. The molecular weight excluding hydrogens is 352 g/mol. The minimum atomic E-state index is -0.755. The second-order valence-corrected chi connectivity index (χ2v) is 6.31. The zero-order valence-electron chi connectivity index (χ0n) is 15.5. The largest absolute Gasteiger partial charge is 0.481 e. The zero-order chi connectivity index (χ0) is 19.8. The molecular formula is C23H22N2O3. The summed E-state index contributed by atoms with van der Waals surface area (Å²) in [6, 6.07) is 27.9. The van der Waals surface area contributed by atoms with Gasteiger partial charge in [-0.05, 0) is 30.2 Å². The van der Waals surface area contributed by atoms with Crippen LogP contribution in [0.25, 0.3) is 0 Å². The molecule has 1 atom stereocenters. The summed E-state index contributed by atoms with van der Waals surface area (Å²) in [7, 11) is 0. The first-order valence-corrected chi connectivity index (χ1v) is 9.06. The molecule has 5 nitrogen and oxygen atoms in total. The molecule has 0 fully saturated rings. The molecule has 3 aromatic carbocycles. The first kappa shape index (κ1) is 19.2. The molecule has 3 rings (SSSR count). The summed E-state index contributed by atoms with van der Waals surface area (Å²) >= 11 is 0. The van der Waals surface area contributed by atoms with Gasteiger partial charge in [0.2, 0.25) is 5.91 Å². The van der Waals surface area contributed by atoms with Crippen LogP contribution in [0.15, 0.2) is 91.0 Å². The number of hydrogen-bond acceptors (Lipinski definition) is 3. The lowest BCUT2D eigenvalue weighted by Crippen LogP contribution is -2.48. The van der Waals surface area contributed by atoms with Crippen molar-refractivity contribution < 1.29 is 14.3 Å². The van der Waals surface area contributed by atoms with Gasteiger partial charge in [-0.25, -0.2) is 0 Å². The van der Waals surface area contributed by atoms with Crippen molar-refractivity contribution >= 4 is 11.8 Å². The summed E-state index contributed by atoms with van der Waals surface area (Å²) in [5, 5.41) is 0. The van der Waals surface area contributed by atoms with Gasteiger partial charge in [-0.3, -0.25) is 20.4 Å². The van der Waals surface area contributed by atoms with E-state index < -0.39 is 17.9 Å². The van der Waals surface area contributed by atoms with Crippen LogP contribution in [-0.4, -0.2) is 17.9 Å². The summed E-state index contributed by atoms with van der Waals surface area (Å²) in [4.78, 5) is 25.2. The van der Waals surface area contributed by atoms with E-state index in [0.717, 1.165) is 11.1 Å². The normalized spacial score (nSPS) is 11.5. The van der Waals surface area contributed by atoms with Gasteiger partial charge in [-0.2, -0.15) is 0 Å². The number of amides is 2. The lowest BCUT2D eigenvalue weighted by Gasteiger charge is -2.19. The fourth-order valence-corrected chi connectivity index (χ4v) is 2.84. The fraction of sp³-hybridized carbons (Fsp3) is 0.130. The predicted octanol–water partition coefficient (Wildman–Crippen LogP) is 3.43. The van der Waals surface area contributed by atoms with Gasteiger partial charge in [-0.15, -0.1) is 0 Å². The smallest absolute Gasteiger partial charge is 0.279 e. The first-order valence-electron chi connectivity index (χ1n) is 9.06. The number of carbonyl (C=O) groups excluding carboxylic acids is 2. The third kappa shape index (κ3) is 4.98. The minimum Gasteiger partial charge on any atom is -0.481 e. The van der Waals surface area contributed by atoms with Crippen molar-refractivity contribution in [3.63, 3.8) is 0 Å². The van der Waals surface area contributed by atoms with Crippen LogP contribution in [0.2, 0.25) is 0 Å². The van der Waals surface area contributed by atoms with Crippen LogP contribution in [0.5, 0.6) is 5.75 Å². The molecule has 0 saturated carbocycles. The Morgan fingerprint density at radius 3 is 1.61 bits per heavy atom. The third-order valence-corrected chi connectivity index (χ3v) is 4.26. The molecule has 0 bridgehead atoms. The van der Waals surface area contributed by atoms with Crippen molar-refractivity contribution in [2.45, 2.75) is 18.9 Å². The Morgan fingerprint density at radius 2 is 1.11 bits per heavy atom. The maximum Gasteiger partial charge on any atom is 0.279 e. The molecule has 0 radical (unpaired) electrons. The Bertz CT molecular complexity index is 859. The highest BCUT2D eigenvalue weighted by Gasteiger charge is 2.24. The topological polar surface area (TPSA) is 67.4 Å². The van der Waals surface area contributed by atoms with E-state index >= 15 is 0 Å². The number of nitrogens with one attached hydrogen (secondary N) is 2. The Hall–Kier alpha value is -3.60. The number of carbonyl (C=O) groups is 2. The van der Waals surface area contributed by atoms with Gasteiger partial charge < -0.3 is 4.74 Å². The van der Waals surface area contributed by atoms with Crippen molar-refractivity contribution in [3.05, 3.63) is 102 Å². The molecule has 0 aromatic heterocycles. The van der Waals surface area contributed by atoms with E-state index in [4.69, 9.17) is 4.74 Å². The monoisotopic (exact) mass is 374 g/mol. The number of para-hydroxylation sites is 1. The number of ether oxygens (including phenoxy) is 1. The van der Waals surface area contributed by atoms with Gasteiger partial charge >= 0.3 is 0 Å². The Balaban J connectivity index is 1.66.